The van der Waals surface area contributed by atoms with E-state index in [1.165, 1.54) is 4.31 Å². The Morgan fingerprint density at radius 2 is 1.88 bits per heavy atom. The van der Waals surface area contributed by atoms with Crippen molar-refractivity contribution in [3.05, 3.63) is 42.2 Å². The van der Waals surface area contributed by atoms with Crippen LogP contribution in [0.4, 0.5) is 0 Å². The summed E-state index contributed by atoms with van der Waals surface area (Å²) in [4.78, 5) is 15.6. The highest BCUT2D eigenvalue weighted by Crippen LogP contribution is 2.28. The van der Waals surface area contributed by atoms with Crippen LogP contribution >= 0.6 is 0 Å². The van der Waals surface area contributed by atoms with Crippen molar-refractivity contribution in [2.75, 3.05) is 19.6 Å². The molecule has 2 aliphatic rings. The van der Waals surface area contributed by atoms with Crippen molar-refractivity contribution >= 4 is 15.9 Å². The molecule has 10 heteroatoms. The first-order valence-electron chi connectivity index (χ1n) is 12.3. The highest BCUT2D eigenvalue weighted by molar-refractivity contribution is 7.89. The Morgan fingerprint density at radius 1 is 1.09 bits per heavy atom. The molecule has 2 aliphatic heterocycles. The molecule has 3 atom stereocenters. The molecule has 1 amide bonds. The molecule has 1 aromatic carbocycles. The number of aromatic nitrogens is 3. The molecule has 34 heavy (non-hydrogen) atoms. The van der Waals surface area contributed by atoms with Gasteiger partial charge in [0.2, 0.25) is 15.9 Å². The fourth-order valence-corrected chi connectivity index (χ4v) is 6.65. The normalized spacial score (nSPS) is 23.4. The number of aliphatic hydroxyl groups excluding tert-OH is 1. The first kappa shape index (κ1) is 24.8. The summed E-state index contributed by atoms with van der Waals surface area (Å²) in [5.41, 5.74) is 0.570. The summed E-state index contributed by atoms with van der Waals surface area (Å²) in [6.07, 6.45) is 7.12. The van der Waals surface area contributed by atoms with Gasteiger partial charge in [0, 0.05) is 26.2 Å². The van der Waals surface area contributed by atoms with Crippen molar-refractivity contribution < 1.29 is 18.3 Å². The van der Waals surface area contributed by atoms with E-state index in [4.69, 9.17) is 0 Å². The fraction of sp³-hybridized carbons (Fsp3) is 0.625. The minimum atomic E-state index is -3.71. The number of carbonyl (C=O) groups is 1. The molecular formula is C24H35N5O4S. The molecule has 0 spiro atoms. The molecule has 3 unspecified atom stereocenters. The van der Waals surface area contributed by atoms with Gasteiger partial charge in [-0.25, -0.2) is 8.42 Å². The molecule has 2 fully saturated rings. The summed E-state index contributed by atoms with van der Waals surface area (Å²) < 4.78 is 29.8. The van der Waals surface area contributed by atoms with Gasteiger partial charge in [0.05, 0.1) is 17.2 Å². The lowest BCUT2D eigenvalue weighted by Crippen LogP contribution is -2.53. The predicted octanol–water partition coefficient (Wildman–Crippen LogP) is 2.59. The number of hydrogen-bond donors (Lipinski definition) is 1. The van der Waals surface area contributed by atoms with E-state index in [-0.39, 0.29) is 10.8 Å². The molecule has 0 aliphatic carbocycles. The number of hydrogen-bond acceptors (Lipinski definition) is 6. The van der Waals surface area contributed by atoms with Crippen LogP contribution in [0.25, 0.3) is 0 Å². The minimum Gasteiger partial charge on any atom is -0.387 e. The third kappa shape index (κ3) is 5.67. The predicted molar refractivity (Wildman–Crippen MR) is 127 cm³/mol. The summed E-state index contributed by atoms with van der Waals surface area (Å²) in [5, 5.41) is 17.7. The molecule has 2 aromatic rings. The summed E-state index contributed by atoms with van der Waals surface area (Å²) in [6, 6.07) is 7.80. The van der Waals surface area contributed by atoms with E-state index >= 15 is 0 Å². The minimum absolute atomic E-state index is 0.0577. The van der Waals surface area contributed by atoms with Gasteiger partial charge in [-0.3, -0.25) is 9.48 Å². The maximum Gasteiger partial charge on any atom is 0.243 e. The highest BCUT2D eigenvalue weighted by Gasteiger charge is 2.39. The SMILES string of the molecule is CC(O)c1cn(CCC2CCCN(C(=O)C3CCCCN3S(=O)(=O)c3ccccc3)CC2)nn1. The lowest BCUT2D eigenvalue weighted by molar-refractivity contribution is -0.136. The number of sulfonamides is 1. The van der Waals surface area contributed by atoms with Crippen molar-refractivity contribution in [3.8, 4) is 0 Å². The van der Waals surface area contributed by atoms with Gasteiger partial charge < -0.3 is 10.0 Å². The van der Waals surface area contributed by atoms with Gasteiger partial charge in [-0.2, -0.15) is 4.31 Å². The number of amides is 1. The molecule has 186 valence electrons. The molecule has 9 nitrogen and oxygen atoms in total. The third-order valence-electron chi connectivity index (χ3n) is 7.00. The second-order valence-electron chi connectivity index (χ2n) is 9.43. The van der Waals surface area contributed by atoms with Gasteiger partial charge in [0.15, 0.2) is 0 Å². The number of rotatable bonds is 7. The van der Waals surface area contributed by atoms with Crippen molar-refractivity contribution in [2.45, 2.75) is 75.5 Å². The van der Waals surface area contributed by atoms with Crippen LogP contribution in [-0.4, -0.2) is 69.3 Å². The number of likely N-dealkylation sites (tertiary alicyclic amines) is 1. The number of benzene rings is 1. The van der Waals surface area contributed by atoms with E-state index in [1.807, 2.05) is 4.90 Å². The van der Waals surface area contributed by atoms with Gasteiger partial charge in [0.25, 0.3) is 0 Å². The van der Waals surface area contributed by atoms with Crippen LogP contribution in [0.15, 0.2) is 41.4 Å². The van der Waals surface area contributed by atoms with E-state index in [0.29, 0.717) is 37.7 Å². The second kappa shape index (κ2) is 11.0. The van der Waals surface area contributed by atoms with E-state index in [2.05, 4.69) is 10.3 Å². The van der Waals surface area contributed by atoms with Crippen molar-refractivity contribution in [1.29, 1.82) is 0 Å². The zero-order valence-corrected chi connectivity index (χ0v) is 20.6. The van der Waals surface area contributed by atoms with E-state index in [9.17, 15) is 18.3 Å². The topological polar surface area (TPSA) is 109 Å². The molecule has 2 saturated heterocycles. The molecule has 0 saturated carbocycles. The largest absolute Gasteiger partial charge is 0.387 e. The van der Waals surface area contributed by atoms with Crippen LogP contribution < -0.4 is 0 Å². The monoisotopic (exact) mass is 489 g/mol. The van der Waals surface area contributed by atoms with Crippen LogP contribution in [0.3, 0.4) is 0 Å². The van der Waals surface area contributed by atoms with Crippen LogP contribution in [0.2, 0.25) is 0 Å². The third-order valence-corrected chi connectivity index (χ3v) is 8.92. The van der Waals surface area contributed by atoms with Gasteiger partial charge in [0.1, 0.15) is 11.7 Å². The van der Waals surface area contributed by atoms with Crippen LogP contribution in [0, 0.1) is 5.92 Å². The van der Waals surface area contributed by atoms with E-state index < -0.39 is 22.2 Å². The molecule has 3 heterocycles. The number of piperidine rings is 1. The lowest BCUT2D eigenvalue weighted by Gasteiger charge is -2.36. The lowest BCUT2D eigenvalue weighted by atomic mass is 9.97. The smallest absolute Gasteiger partial charge is 0.243 e. The molecular weight excluding hydrogens is 454 g/mol. The highest BCUT2D eigenvalue weighted by atomic mass is 32.2. The van der Waals surface area contributed by atoms with Crippen molar-refractivity contribution in [2.24, 2.45) is 5.92 Å². The quantitative estimate of drug-likeness (QED) is 0.640. The maximum absolute atomic E-state index is 13.5. The average molecular weight is 490 g/mol. The number of nitrogens with zero attached hydrogens (tertiary/aromatic N) is 5. The van der Waals surface area contributed by atoms with Gasteiger partial charge >= 0.3 is 0 Å². The Bertz CT molecular complexity index is 1060. The van der Waals surface area contributed by atoms with Crippen molar-refractivity contribution in [1.82, 2.24) is 24.2 Å². The Morgan fingerprint density at radius 3 is 2.62 bits per heavy atom. The molecule has 0 radical (unpaired) electrons. The Kier molecular flexibility index (Phi) is 8.00. The number of aliphatic hydroxyl groups is 1. The molecule has 0 bridgehead atoms. The standard InChI is InChI=1S/C24H35N5O4S/c1-19(30)22-18-28(26-25-22)17-13-20-8-7-14-27(16-12-20)24(31)23-11-5-6-15-29(23)34(32,33)21-9-3-2-4-10-21/h2-4,9-10,18-20,23,30H,5-8,11-17H2,1H3. The number of aryl methyl sites for hydroxylation is 1. The van der Waals surface area contributed by atoms with Gasteiger partial charge in [-0.1, -0.05) is 29.8 Å². The summed E-state index contributed by atoms with van der Waals surface area (Å²) >= 11 is 0. The van der Waals surface area contributed by atoms with Gasteiger partial charge in [-0.05, 0) is 63.5 Å². The second-order valence-corrected chi connectivity index (χ2v) is 11.3. The zero-order valence-electron chi connectivity index (χ0n) is 19.8. The summed E-state index contributed by atoms with van der Waals surface area (Å²) in [6.45, 7) is 4.10. The molecule has 4 rings (SSSR count). The van der Waals surface area contributed by atoms with E-state index in [0.717, 1.165) is 45.1 Å². The summed E-state index contributed by atoms with van der Waals surface area (Å²) in [7, 11) is -3.71. The Balaban J connectivity index is 1.37. The van der Waals surface area contributed by atoms with E-state index in [1.54, 1.807) is 48.1 Å². The average Bonchev–Trinajstić information content (AvgIpc) is 3.21. The van der Waals surface area contributed by atoms with Crippen molar-refractivity contribution in [3.63, 3.8) is 0 Å². The summed E-state index contributed by atoms with van der Waals surface area (Å²) in [5.74, 6) is 0.408. The van der Waals surface area contributed by atoms with Crippen LogP contribution in [0.1, 0.15) is 63.7 Å². The first-order chi connectivity index (χ1) is 16.4. The molecule has 1 aromatic heterocycles. The molecule has 1 N–H and O–H groups in total. The maximum atomic E-state index is 13.5. The van der Waals surface area contributed by atoms with Crippen LogP contribution in [-0.2, 0) is 21.4 Å². The zero-order chi connectivity index (χ0) is 24.1. The fourth-order valence-electron chi connectivity index (χ4n) is 4.98. The number of carbonyl (C=O) groups excluding carboxylic acids is 1. The van der Waals surface area contributed by atoms with Crippen LogP contribution in [0.5, 0.6) is 0 Å². The first-order valence-corrected chi connectivity index (χ1v) is 13.7. The Labute approximate surface area is 201 Å². The Hall–Kier alpha value is -2.30. The van der Waals surface area contributed by atoms with Gasteiger partial charge in [-0.15, -0.1) is 5.10 Å².